The van der Waals surface area contributed by atoms with Crippen LogP contribution in [0.15, 0.2) is 18.2 Å². The summed E-state index contributed by atoms with van der Waals surface area (Å²) in [5.74, 6) is -0.153. The Hall–Kier alpha value is -1.26. The Morgan fingerprint density at radius 3 is 2.83 bits per heavy atom. The highest BCUT2D eigenvalue weighted by Crippen LogP contribution is 2.31. The van der Waals surface area contributed by atoms with E-state index in [1.165, 1.54) is 20.0 Å². The lowest BCUT2D eigenvalue weighted by Gasteiger charge is -2.21. The van der Waals surface area contributed by atoms with Crippen LogP contribution in [0.2, 0.25) is 5.02 Å². The number of nitrogens with one attached hydrogen (secondary N) is 1. The number of amides is 1. The predicted molar refractivity (Wildman–Crippen MR) is 73.4 cm³/mol. The number of hydrogen-bond donors (Lipinski definition) is 1. The molecule has 0 aliphatic carbocycles. The molecule has 1 amide bonds. The molecule has 18 heavy (non-hydrogen) atoms. The summed E-state index contributed by atoms with van der Waals surface area (Å²) in [4.78, 5) is 13.8. The number of anilines is 2. The SMILES string of the molecule is COCC(=O)Nc1ccc(Cl)cc1N1CCCC1. The van der Waals surface area contributed by atoms with Crippen molar-refractivity contribution < 1.29 is 9.53 Å². The van der Waals surface area contributed by atoms with Crippen LogP contribution in [-0.4, -0.2) is 32.7 Å². The molecule has 0 aromatic heterocycles. The minimum absolute atomic E-state index is 0.0576. The molecule has 1 saturated heterocycles. The predicted octanol–water partition coefficient (Wildman–Crippen LogP) is 2.53. The molecule has 0 spiro atoms. The molecule has 1 aromatic rings. The quantitative estimate of drug-likeness (QED) is 0.912. The Bertz CT molecular complexity index is 431. The van der Waals surface area contributed by atoms with Crippen molar-refractivity contribution in [1.29, 1.82) is 0 Å². The summed E-state index contributed by atoms with van der Waals surface area (Å²) in [7, 11) is 1.50. The van der Waals surface area contributed by atoms with Crippen LogP contribution in [0.4, 0.5) is 11.4 Å². The van der Waals surface area contributed by atoms with E-state index in [1.54, 1.807) is 6.07 Å². The first-order valence-electron chi connectivity index (χ1n) is 6.04. The first kappa shape index (κ1) is 13.2. The van der Waals surface area contributed by atoms with Crippen molar-refractivity contribution in [2.45, 2.75) is 12.8 Å². The Balaban J connectivity index is 2.20. The lowest BCUT2D eigenvalue weighted by molar-refractivity contribution is -0.119. The first-order valence-corrected chi connectivity index (χ1v) is 6.42. The number of halogens is 1. The molecule has 2 rings (SSSR count). The molecule has 1 aliphatic rings. The fourth-order valence-electron chi connectivity index (χ4n) is 2.15. The molecule has 1 fully saturated rings. The normalized spacial score (nSPS) is 14.9. The summed E-state index contributed by atoms with van der Waals surface area (Å²) in [6.45, 7) is 2.07. The Morgan fingerprint density at radius 1 is 1.44 bits per heavy atom. The molecule has 0 atom stereocenters. The van der Waals surface area contributed by atoms with Gasteiger partial charge in [0.25, 0.3) is 0 Å². The maximum Gasteiger partial charge on any atom is 0.250 e. The minimum atomic E-state index is -0.153. The number of carbonyl (C=O) groups excluding carboxylic acids is 1. The monoisotopic (exact) mass is 268 g/mol. The number of nitrogens with zero attached hydrogens (tertiary/aromatic N) is 1. The van der Waals surface area contributed by atoms with Crippen molar-refractivity contribution in [3.05, 3.63) is 23.2 Å². The molecule has 4 nitrogen and oxygen atoms in total. The lowest BCUT2D eigenvalue weighted by Crippen LogP contribution is -2.22. The molecular weight excluding hydrogens is 252 g/mol. The summed E-state index contributed by atoms with van der Waals surface area (Å²) < 4.78 is 4.81. The van der Waals surface area contributed by atoms with Crippen molar-refractivity contribution in [3.63, 3.8) is 0 Å². The number of rotatable bonds is 4. The molecule has 0 radical (unpaired) electrons. The van der Waals surface area contributed by atoms with Crippen LogP contribution in [0.1, 0.15) is 12.8 Å². The summed E-state index contributed by atoms with van der Waals surface area (Å²) >= 11 is 6.03. The molecule has 0 unspecified atom stereocenters. The van der Waals surface area contributed by atoms with Crippen LogP contribution < -0.4 is 10.2 Å². The van der Waals surface area contributed by atoms with Gasteiger partial charge in [-0.1, -0.05) is 11.6 Å². The van der Waals surface area contributed by atoms with Crippen LogP contribution in [0.25, 0.3) is 0 Å². The standard InChI is InChI=1S/C13H17ClN2O2/c1-18-9-13(17)15-11-5-4-10(14)8-12(11)16-6-2-3-7-16/h4-5,8H,2-3,6-7,9H2,1H3,(H,15,17). The Labute approximate surface area is 112 Å². The molecular formula is C13H17ClN2O2. The van der Waals surface area contributed by atoms with Crippen LogP contribution in [0.3, 0.4) is 0 Å². The second-order valence-corrected chi connectivity index (χ2v) is 4.77. The van der Waals surface area contributed by atoms with E-state index in [4.69, 9.17) is 16.3 Å². The lowest BCUT2D eigenvalue weighted by atomic mass is 10.2. The van der Waals surface area contributed by atoms with Crippen molar-refractivity contribution in [2.24, 2.45) is 0 Å². The zero-order valence-corrected chi connectivity index (χ0v) is 11.2. The molecule has 1 N–H and O–H groups in total. The van der Waals surface area contributed by atoms with E-state index < -0.39 is 0 Å². The van der Waals surface area contributed by atoms with E-state index >= 15 is 0 Å². The fourth-order valence-corrected chi connectivity index (χ4v) is 2.31. The van der Waals surface area contributed by atoms with Gasteiger partial charge in [-0.2, -0.15) is 0 Å². The third-order valence-corrected chi connectivity index (χ3v) is 3.19. The molecule has 1 aliphatic heterocycles. The van der Waals surface area contributed by atoms with Crippen molar-refractivity contribution in [1.82, 2.24) is 0 Å². The van der Waals surface area contributed by atoms with Crippen LogP contribution in [-0.2, 0) is 9.53 Å². The number of ether oxygens (including phenoxy) is 1. The molecule has 0 saturated carbocycles. The Kier molecular flexibility index (Phi) is 4.44. The highest BCUT2D eigenvalue weighted by molar-refractivity contribution is 6.31. The third kappa shape index (κ3) is 3.15. The van der Waals surface area contributed by atoms with E-state index in [0.717, 1.165) is 24.5 Å². The zero-order chi connectivity index (χ0) is 13.0. The highest BCUT2D eigenvalue weighted by Gasteiger charge is 2.17. The van der Waals surface area contributed by atoms with Crippen LogP contribution >= 0.6 is 11.6 Å². The fraction of sp³-hybridized carbons (Fsp3) is 0.462. The van der Waals surface area contributed by atoms with Gasteiger partial charge in [0.15, 0.2) is 0 Å². The zero-order valence-electron chi connectivity index (χ0n) is 10.4. The third-order valence-electron chi connectivity index (χ3n) is 2.96. The van der Waals surface area contributed by atoms with E-state index in [9.17, 15) is 4.79 Å². The van der Waals surface area contributed by atoms with E-state index in [2.05, 4.69) is 10.2 Å². The summed E-state index contributed by atoms with van der Waals surface area (Å²) in [5, 5.41) is 3.53. The van der Waals surface area contributed by atoms with Crippen molar-refractivity contribution in [3.8, 4) is 0 Å². The average Bonchev–Trinajstić information content (AvgIpc) is 2.85. The van der Waals surface area contributed by atoms with Gasteiger partial charge in [0, 0.05) is 25.2 Å². The van der Waals surface area contributed by atoms with Gasteiger partial charge in [0.05, 0.1) is 11.4 Å². The number of carbonyl (C=O) groups is 1. The Morgan fingerprint density at radius 2 is 2.17 bits per heavy atom. The molecule has 1 aromatic carbocycles. The van der Waals surface area contributed by atoms with Gasteiger partial charge in [-0.15, -0.1) is 0 Å². The minimum Gasteiger partial charge on any atom is -0.375 e. The van der Waals surface area contributed by atoms with Crippen LogP contribution in [0.5, 0.6) is 0 Å². The molecule has 0 bridgehead atoms. The van der Waals surface area contributed by atoms with E-state index in [-0.39, 0.29) is 12.5 Å². The molecule has 98 valence electrons. The molecule has 1 heterocycles. The van der Waals surface area contributed by atoms with Gasteiger partial charge in [-0.05, 0) is 31.0 Å². The number of hydrogen-bond acceptors (Lipinski definition) is 3. The molecule has 5 heteroatoms. The largest absolute Gasteiger partial charge is 0.375 e. The first-order chi connectivity index (χ1) is 8.70. The smallest absolute Gasteiger partial charge is 0.250 e. The van der Waals surface area contributed by atoms with Crippen molar-refractivity contribution in [2.75, 3.05) is 37.0 Å². The van der Waals surface area contributed by atoms with Gasteiger partial charge in [-0.25, -0.2) is 0 Å². The average molecular weight is 269 g/mol. The maximum absolute atomic E-state index is 11.6. The van der Waals surface area contributed by atoms with Gasteiger partial charge < -0.3 is 15.0 Å². The van der Waals surface area contributed by atoms with Crippen molar-refractivity contribution >= 4 is 28.9 Å². The number of methoxy groups -OCH3 is 1. The van der Waals surface area contributed by atoms with Gasteiger partial charge in [0.2, 0.25) is 5.91 Å². The topological polar surface area (TPSA) is 41.6 Å². The maximum atomic E-state index is 11.6. The van der Waals surface area contributed by atoms with E-state index in [0.29, 0.717) is 5.02 Å². The second kappa shape index (κ2) is 6.07. The summed E-state index contributed by atoms with van der Waals surface area (Å²) in [5.41, 5.74) is 1.79. The van der Waals surface area contributed by atoms with Crippen LogP contribution in [0, 0.1) is 0 Å². The summed E-state index contributed by atoms with van der Waals surface area (Å²) in [6, 6.07) is 5.52. The number of benzene rings is 1. The van der Waals surface area contributed by atoms with Gasteiger partial charge >= 0.3 is 0 Å². The summed E-state index contributed by atoms with van der Waals surface area (Å²) in [6.07, 6.45) is 2.36. The highest BCUT2D eigenvalue weighted by atomic mass is 35.5. The van der Waals surface area contributed by atoms with E-state index in [1.807, 2.05) is 12.1 Å². The van der Waals surface area contributed by atoms with Gasteiger partial charge in [-0.3, -0.25) is 4.79 Å². The second-order valence-electron chi connectivity index (χ2n) is 4.34. The van der Waals surface area contributed by atoms with Gasteiger partial charge in [0.1, 0.15) is 6.61 Å².